The number of carbonyl (C=O) groups is 1. The highest BCUT2D eigenvalue weighted by Crippen LogP contribution is 2.46. The number of benzene rings is 2. The van der Waals surface area contributed by atoms with Crippen LogP contribution in [-0.4, -0.2) is 68.8 Å². The van der Waals surface area contributed by atoms with Gasteiger partial charge in [0.2, 0.25) is 17.9 Å². The maximum atomic E-state index is 15.0. The molecule has 0 radical (unpaired) electrons. The van der Waals surface area contributed by atoms with Crippen molar-refractivity contribution in [2.45, 2.75) is 84.7 Å². The third-order valence-electron chi connectivity index (χ3n) is 9.93. The summed E-state index contributed by atoms with van der Waals surface area (Å²) in [5.41, 5.74) is 7.99. The number of rotatable bonds is 10. The molecule has 2 fully saturated rings. The monoisotopic (exact) mass is 721 g/mol. The summed E-state index contributed by atoms with van der Waals surface area (Å²) in [6, 6.07) is 14.7. The number of anilines is 2. The molecule has 14 heteroatoms. The smallest absolute Gasteiger partial charge is 0.429 e. The first kappa shape index (κ1) is 36.9. The van der Waals surface area contributed by atoms with Gasteiger partial charge in [0.25, 0.3) is 0 Å². The number of halogens is 3. The first-order valence-electron chi connectivity index (χ1n) is 17.6. The van der Waals surface area contributed by atoms with E-state index in [1.54, 1.807) is 31.3 Å². The number of aromatic nitrogens is 4. The highest BCUT2D eigenvalue weighted by atomic mass is 19.4. The second-order valence-electron chi connectivity index (χ2n) is 15.1. The summed E-state index contributed by atoms with van der Waals surface area (Å²) in [6.07, 6.45) is -2.94. The van der Waals surface area contributed by atoms with E-state index in [9.17, 15) is 23.1 Å². The summed E-state index contributed by atoms with van der Waals surface area (Å²) in [5.74, 6) is -0.355. The number of nitrogens with zero attached hydrogens (tertiary/aromatic N) is 5. The Morgan fingerprint density at radius 3 is 2.35 bits per heavy atom. The molecular formula is C38H46F3N7O4. The molecule has 52 heavy (non-hydrogen) atoms. The fraction of sp³-hybridized carbons (Fsp3) is 0.474. The Morgan fingerprint density at radius 1 is 1.06 bits per heavy atom. The molecule has 4 N–H and O–H groups in total. The Balaban J connectivity index is 1.28. The van der Waals surface area contributed by atoms with Crippen LogP contribution in [0.5, 0.6) is 11.6 Å². The number of aryl methyl sites for hydroxylation is 1. The van der Waals surface area contributed by atoms with E-state index in [1.807, 2.05) is 36.1 Å². The van der Waals surface area contributed by atoms with E-state index < -0.39 is 24.3 Å². The maximum absolute atomic E-state index is 15.0. The van der Waals surface area contributed by atoms with Crippen LogP contribution in [0.4, 0.5) is 24.9 Å². The van der Waals surface area contributed by atoms with Gasteiger partial charge in [0.05, 0.1) is 18.0 Å². The molecule has 2 aliphatic heterocycles. The molecule has 3 atom stereocenters. The molecule has 2 aromatic carbocycles. The van der Waals surface area contributed by atoms with E-state index >= 15 is 0 Å². The summed E-state index contributed by atoms with van der Waals surface area (Å²) in [7, 11) is 0. The van der Waals surface area contributed by atoms with Crippen LogP contribution in [0, 0.1) is 17.8 Å². The van der Waals surface area contributed by atoms with Crippen molar-refractivity contribution < 1.29 is 32.5 Å². The number of aliphatic carboxylic acids is 1. The number of carboxylic acid groups (broad SMARTS) is 1. The van der Waals surface area contributed by atoms with Gasteiger partial charge in [-0.2, -0.15) is 28.2 Å². The van der Waals surface area contributed by atoms with Crippen molar-refractivity contribution in [1.82, 2.24) is 25.1 Å². The Labute approximate surface area is 301 Å². The molecule has 2 aliphatic rings. The van der Waals surface area contributed by atoms with Crippen LogP contribution in [0.25, 0.3) is 16.8 Å². The van der Waals surface area contributed by atoms with Gasteiger partial charge in [0.15, 0.2) is 0 Å². The fourth-order valence-corrected chi connectivity index (χ4v) is 7.29. The zero-order chi connectivity index (χ0) is 37.4. The molecule has 0 saturated carbocycles. The van der Waals surface area contributed by atoms with Gasteiger partial charge in [-0.15, -0.1) is 0 Å². The molecule has 4 aromatic rings. The van der Waals surface area contributed by atoms with Crippen LogP contribution < -0.4 is 25.4 Å². The number of nitrogens with two attached hydrogens (primary N) is 1. The molecular weight excluding hydrogens is 675 g/mol. The van der Waals surface area contributed by atoms with Gasteiger partial charge in [-0.25, -0.2) is 4.68 Å². The lowest BCUT2D eigenvalue weighted by atomic mass is 9.71. The number of hydrogen-bond donors (Lipinski definition) is 3. The molecule has 0 aliphatic carbocycles. The number of nitrogen functional groups attached to an aromatic ring is 1. The Kier molecular flexibility index (Phi) is 10.1. The first-order valence-corrected chi connectivity index (χ1v) is 17.6. The lowest BCUT2D eigenvalue weighted by molar-refractivity contribution is -0.198. The summed E-state index contributed by atoms with van der Waals surface area (Å²) in [4.78, 5) is 22.1. The standard InChI is InChI=1S/C38H46F3N7O4/c1-6-30-37(21-28(43-30)34(49)50)14-17-47(18-15-37)31-20-32(45-35(42)44-31)52-33(38(39,40)41)27-12-9-25(19-29(27)48-16-13-23(2)46-48)24-7-10-26(11-8-24)51-22-36(3,4)5/h7-13,16,19-20,28,30,33,43H,6,14-15,17-18,21-22H2,1-5H3,(H,49,50)(H2,42,44,45)/t28?,30?,33-/m1/s1. The molecule has 6 rings (SSSR count). The number of nitrogens with one attached hydrogen (secondary N) is 1. The van der Waals surface area contributed by atoms with E-state index in [-0.39, 0.29) is 40.0 Å². The van der Waals surface area contributed by atoms with Crippen molar-refractivity contribution in [3.8, 4) is 28.4 Å². The molecule has 11 nitrogen and oxygen atoms in total. The summed E-state index contributed by atoms with van der Waals surface area (Å²) in [6.45, 7) is 11.6. The molecule has 0 amide bonds. The minimum absolute atomic E-state index is 0.0149. The number of ether oxygens (including phenoxy) is 2. The Morgan fingerprint density at radius 2 is 1.75 bits per heavy atom. The zero-order valence-electron chi connectivity index (χ0n) is 30.1. The maximum Gasteiger partial charge on any atom is 0.429 e. The zero-order valence-corrected chi connectivity index (χ0v) is 30.1. The van der Waals surface area contributed by atoms with Gasteiger partial charge >= 0.3 is 12.1 Å². The fourth-order valence-electron chi connectivity index (χ4n) is 7.29. The SMILES string of the molecule is CCC1NC(C(=O)O)CC12CCN(c1cc(O[C@H](c3ccc(-c4ccc(OCC(C)(C)C)cc4)cc3-n3ccc(C)n3)C(F)(F)F)nc(N)n1)CC2. The Hall–Kier alpha value is -4.85. The summed E-state index contributed by atoms with van der Waals surface area (Å²) in [5, 5.41) is 17.3. The number of hydrogen-bond acceptors (Lipinski definition) is 9. The number of alkyl halides is 3. The highest BCUT2D eigenvalue weighted by molar-refractivity contribution is 5.74. The van der Waals surface area contributed by atoms with Crippen molar-refractivity contribution in [2.24, 2.45) is 10.8 Å². The summed E-state index contributed by atoms with van der Waals surface area (Å²) < 4.78 is 58.0. The van der Waals surface area contributed by atoms with Gasteiger partial charge in [0.1, 0.15) is 17.6 Å². The normalized spacial score (nSPS) is 19.5. The number of carboxylic acids is 1. The largest absolute Gasteiger partial charge is 0.493 e. The van der Waals surface area contributed by atoms with Crippen LogP contribution in [0.1, 0.15) is 70.7 Å². The van der Waals surface area contributed by atoms with E-state index in [0.29, 0.717) is 61.8 Å². The van der Waals surface area contributed by atoms with Crippen LogP contribution >= 0.6 is 0 Å². The van der Waals surface area contributed by atoms with Crippen molar-refractivity contribution in [1.29, 1.82) is 0 Å². The van der Waals surface area contributed by atoms with Crippen molar-refractivity contribution in [2.75, 3.05) is 30.3 Å². The molecule has 2 unspecified atom stereocenters. The van der Waals surface area contributed by atoms with Crippen molar-refractivity contribution in [3.05, 3.63) is 72.1 Å². The van der Waals surface area contributed by atoms with Crippen molar-refractivity contribution in [3.63, 3.8) is 0 Å². The number of piperidine rings is 1. The molecule has 4 heterocycles. The first-order chi connectivity index (χ1) is 24.5. The van der Waals surface area contributed by atoms with Crippen LogP contribution in [0.15, 0.2) is 60.8 Å². The van der Waals surface area contributed by atoms with Crippen LogP contribution in [0.3, 0.4) is 0 Å². The average molecular weight is 722 g/mol. The predicted molar refractivity (Wildman–Crippen MR) is 192 cm³/mol. The molecule has 1 spiro atoms. The lowest BCUT2D eigenvalue weighted by Gasteiger charge is -2.43. The van der Waals surface area contributed by atoms with E-state index in [0.717, 1.165) is 12.0 Å². The lowest BCUT2D eigenvalue weighted by Crippen LogP contribution is -2.46. The highest BCUT2D eigenvalue weighted by Gasteiger charge is 2.50. The predicted octanol–water partition coefficient (Wildman–Crippen LogP) is 7.14. The second-order valence-corrected chi connectivity index (χ2v) is 15.1. The van der Waals surface area contributed by atoms with Gasteiger partial charge in [0, 0.05) is 37.0 Å². The van der Waals surface area contributed by atoms with Crippen LogP contribution in [-0.2, 0) is 4.79 Å². The molecule has 2 saturated heterocycles. The van der Waals surface area contributed by atoms with Gasteiger partial charge in [-0.05, 0) is 78.8 Å². The van der Waals surface area contributed by atoms with Gasteiger partial charge < -0.3 is 30.5 Å². The molecule has 278 valence electrons. The third-order valence-corrected chi connectivity index (χ3v) is 9.93. The minimum atomic E-state index is -4.84. The summed E-state index contributed by atoms with van der Waals surface area (Å²) >= 11 is 0. The topological polar surface area (TPSA) is 141 Å². The quantitative estimate of drug-likeness (QED) is 0.155. The molecule has 0 bridgehead atoms. The Bertz CT molecular complexity index is 1880. The average Bonchev–Trinajstić information content (AvgIpc) is 3.69. The van der Waals surface area contributed by atoms with Crippen LogP contribution in [0.2, 0.25) is 0 Å². The van der Waals surface area contributed by atoms with Gasteiger partial charge in [-0.3, -0.25) is 4.79 Å². The van der Waals surface area contributed by atoms with E-state index in [1.165, 1.54) is 16.8 Å². The van der Waals surface area contributed by atoms with Gasteiger partial charge in [-0.1, -0.05) is 52.0 Å². The second kappa shape index (κ2) is 14.3. The third kappa shape index (κ3) is 8.11. The minimum Gasteiger partial charge on any atom is -0.493 e. The van der Waals surface area contributed by atoms with E-state index in [2.05, 4.69) is 41.2 Å². The molecule has 2 aromatic heterocycles. The van der Waals surface area contributed by atoms with E-state index in [4.69, 9.17) is 15.2 Å². The van der Waals surface area contributed by atoms with Crippen molar-refractivity contribution >= 4 is 17.7 Å².